The molecule has 0 aliphatic heterocycles. The Kier molecular flexibility index (Phi) is 4.91. The molecule has 0 spiro atoms. The maximum absolute atomic E-state index is 6.40. The molecule has 1 aromatic carbocycles. The summed E-state index contributed by atoms with van der Waals surface area (Å²) in [4.78, 5) is 1.15. The zero-order valence-electron chi connectivity index (χ0n) is 11.8. The van der Waals surface area contributed by atoms with Gasteiger partial charge in [-0.25, -0.2) is 0 Å². The van der Waals surface area contributed by atoms with Gasteiger partial charge in [0.05, 0.1) is 20.3 Å². The molecular formula is C15H18ClNO2S. The molecule has 0 aliphatic carbocycles. The van der Waals surface area contributed by atoms with E-state index in [1.165, 1.54) is 5.56 Å². The lowest BCUT2D eigenvalue weighted by Crippen LogP contribution is -2.13. The van der Waals surface area contributed by atoms with E-state index in [1.807, 2.05) is 12.1 Å². The topological polar surface area (TPSA) is 44.5 Å². The van der Waals surface area contributed by atoms with Gasteiger partial charge in [-0.3, -0.25) is 0 Å². The predicted octanol–water partition coefficient (Wildman–Crippen LogP) is 4.03. The number of benzene rings is 1. The molecule has 0 amide bonds. The molecule has 5 heteroatoms. The molecule has 20 heavy (non-hydrogen) atoms. The van der Waals surface area contributed by atoms with Crippen LogP contribution in [0.3, 0.4) is 0 Å². The number of aryl methyl sites for hydroxylation is 1. The number of hydrogen-bond acceptors (Lipinski definition) is 4. The van der Waals surface area contributed by atoms with Gasteiger partial charge in [-0.05, 0) is 35.6 Å². The first-order valence-electron chi connectivity index (χ1n) is 6.36. The fourth-order valence-electron chi connectivity index (χ4n) is 2.22. The maximum Gasteiger partial charge on any atom is 0.146 e. The summed E-state index contributed by atoms with van der Waals surface area (Å²) in [7, 11) is 3.17. The van der Waals surface area contributed by atoms with Crippen LogP contribution >= 0.6 is 22.9 Å². The van der Waals surface area contributed by atoms with Crippen LogP contribution in [-0.2, 0) is 6.42 Å². The normalized spacial score (nSPS) is 12.2. The highest BCUT2D eigenvalue weighted by molar-refractivity contribution is 7.10. The van der Waals surface area contributed by atoms with Gasteiger partial charge in [-0.1, -0.05) is 18.5 Å². The van der Waals surface area contributed by atoms with Crippen LogP contribution in [-0.4, -0.2) is 14.2 Å². The third kappa shape index (κ3) is 2.64. The van der Waals surface area contributed by atoms with Gasteiger partial charge < -0.3 is 15.2 Å². The van der Waals surface area contributed by atoms with E-state index in [4.69, 9.17) is 26.8 Å². The molecule has 2 aromatic rings. The lowest BCUT2D eigenvalue weighted by Gasteiger charge is -2.18. The van der Waals surface area contributed by atoms with Crippen molar-refractivity contribution in [1.82, 2.24) is 0 Å². The highest BCUT2D eigenvalue weighted by Crippen LogP contribution is 2.41. The van der Waals surface area contributed by atoms with Gasteiger partial charge in [-0.2, -0.15) is 0 Å². The standard InChI is InChI=1S/C15H18ClNO2S/c1-4-9-7-8-20-15(9)13(17)10-5-6-11(18-2)12(16)14(10)19-3/h5-8,13H,4,17H2,1-3H3. The Morgan fingerprint density at radius 2 is 2.00 bits per heavy atom. The fraction of sp³-hybridized carbons (Fsp3) is 0.333. The lowest BCUT2D eigenvalue weighted by molar-refractivity contribution is 0.390. The Balaban J connectivity index is 2.49. The average molecular weight is 312 g/mol. The second kappa shape index (κ2) is 6.48. The molecule has 1 atom stereocenters. The van der Waals surface area contributed by atoms with Crippen molar-refractivity contribution in [3.8, 4) is 11.5 Å². The molecule has 0 aliphatic rings. The third-order valence-electron chi connectivity index (χ3n) is 3.30. The predicted molar refractivity (Wildman–Crippen MR) is 84.3 cm³/mol. The molecule has 0 bridgehead atoms. The number of ether oxygens (including phenoxy) is 2. The van der Waals surface area contributed by atoms with Crippen molar-refractivity contribution in [1.29, 1.82) is 0 Å². The van der Waals surface area contributed by atoms with Crippen LogP contribution < -0.4 is 15.2 Å². The molecule has 0 fully saturated rings. The molecule has 0 radical (unpaired) electrons. The van der Waals surface area contributed by atoms with Crippen LogP contribution in [0.5, 0.6) is 11.5 Å². The summed E-state index contributed by atoms with van der Waals surface area (Å²) in [5, 5.41) is 2.52. The Morgan fingerprint density at radius 3 is 2.60 bits per heavy atom. The summed E-state index contributed by atoms with van der Waals surface area (Å²) in [5.41, 5.74) is 8.54. The first-order chi connectivity index (χ1) is 9.63. The third-order valence-corrected chi connectivity index (χ3v) is 4.70. The molecule has 1 aromatic heterocycles. The van der Waals surface area contributed by atoms with Crippen molar-refractivity contribution in [3.05, 3.63) is 44.6 Å². The summed E-state index contributed by atoms with van der Waals surface area (Å²) in [6.45, 7) is 2.12. The Bertz CT molecular complexity index is 598. The van der Waals surface area contributed by atoms with Gasteiger partial charge in [0.1, 0.15) is 16.5 Å². The zero-order chi connectivity index (χ0) is 14.7. The highest BCUT2D eigenvalue weighted by Gasteiger charge is 2.21. The minimum absolute atomic E-state index is 0.247. The van der Waals surface area contributed by atoms with Crippen molar-refractivity contribution in [2.45, 2.75) is 19.4 Å². The molecule has 1 heterocycles. The van der Waals surface area contributed by atoms with E-state index in [0.717, 1.165) is 16.9 Å². The highest BCUT2D eigenvalue weighted by atomic mass is 35.5. The van der Waals surface area contributed by atoms with Gasteiger partial charge >= 0.3 is 0 Å². The first kappa shape index (κ1) is 15.2. The van der Waals surface area contributed by atoms with E-state index in [-0.39, 0.29) is 6.04 Å². The average Bonchev–Trinajstić information content (AvgIpc) is 2.94. The minimum Gasteiger partial charge on any atom is -0.495 e. The van der Waals surface area contributed by atoms with Crippen molar-refractivity contribution in [3.63, 3.8) is 0 Å². The minimum atomic E-state index is -0.247. The summed E-state index contributed by atoms with van der Waals surface area (Å²) < 4.78 is 10.6. The summed E-state index contributed by atoms with van der Waals surface area (Å²) in [6.07, 6.45) is 0.957. The number of hydrogen-bond donors (Lipinski definition) is 1. The van der Waals surface area contributed by atoms with E-state index in [0.29, 0.717) is 16.5 Å². The van der Waals surface area contributed by atoms with Gasteiger partial charge in [-0.15, -0.1) is 11.3 Å². The summed E-state index contributed by atoms with van der Waals surface area (Å²) >= 11 is 7.95. The fourth-order valence-corrected chi connectivity index (χ4v) is 3.56. The van der Waals surface area contributed by atoms with Crippen LogP contribution in [0.15, 0.2) is 23.6 Å². The smallest absolute Gasteiger partial charge is 0.146 e. The van der Waals surface area contributed by atoms with Crippen LogP contribution in [0.2, 0.25) is 5.02 Å². The Hall–Kier alpha value is -1.23. The molecule has 0 saturated heterocycles. The van der Waals surface area contributed by atoms with Crippen LogP contribution in [0.4, 0.5) is 0 Å². The van der Waals surface area contributed by atoms with Gasteiger partial charge in [0.15, 0.2) is 0 Å². The summed E-state index contributed by atoms with van der Waals surface area (Å²) in [6, 6.07) is 5.59. The van der Waals surface area contributed by atoms with Gasteiger partial charge in [0, 0.05) is 10.4 Å². The molecule has 2 N–H and O–H groups in total. The molecule has 0 saturated carbocycles. The number of nitrogens with two attached hydrogens (primary N) is 1. The molecule has 3 nitrogen and oxygen atoms in total. The summed E-state index contributed by atoms with van der Waals surface area (Å²) in [5.74, 6) is 1.16. The van der Waals surface area contributed by atoms with Crippen LogP contribution in [0.25, 0.3) is 0 Å². The van der Waals surface area contributed by atoms with E-state index < -0.39 is 0 Å². The molecule has 1 unspecified atom stereocenters. The maximum atomic E-state index is 6.40. The van der Waals surface area contributed by atoms with Crippen LogP contribution in [0.1, 0.15) is 29.0 Å². The molecular weight excluding hydrogens is 294 g/mol. The van der Waals surface area contributed by atoms with E-state index in [1.54, 1.807) is 25.6 Å². The van der Waals surface area contributed by atoms with Gasteiger partial charge in [0.2, 0.25) is 0 Å². The van der Waals surface area contributed by atoms with E-state index in [9.17, 15) is 0 Å². The van der Waals surface area contributed by atoms with Crippen molar-refractivity contribution in [2.24, 2.45) is 5.73 Å². The van der Waals surface area contributed by atoms with Crippen molar-refractivity contribution < 1.29 is 9.47 Å². The van der Waals surface area contributed by atoms with Crippen molar-refractivity contribution >= 4 is 22.9 Å². The van der Waals surface area contributed by atoms with E-state index >= 15 is 0 Å². The number of thiophene rings is 1. The molecule has 2 rings (SSSR count). The SMILES string of the molecule is CCc1ccsc1C(N)c1ccc(OC)c(Cl)c1OC. The quantitative estimate of drug-likeness (QED) is 0.906. The number of rotatable bonds is 5. The van der Waals surface area contributed by atoms with Crippen LogP contribution in [0, 0.1) is 0 Å². The van der Waals surface area contributed by atoms with E-state index in [2.05, 4.69) is 18.4 Å². The largest absolute Gasteiger partial charge is 0.495 e. The first-order valence-corrected chi connectivity index (χ1v) is 7.62. The monoisotopic (exact) mass is 311 g/mol. The van der Waals surface area contributed by atoms with Crippen molar-refractivity contribution in [2.75, 3.05) is 14.2 Å². The second-order valence-corrected chi connectivity index (χ2v) is 5.67. The number of methoxy groups -OCH3 is 2. The van der Waals surface area contributed by atoms with Gasteiger partial charge in [0.25, 0.3) is 0 Å². The Labute approximate surface area is 128 Å². The lowest BCUT2D eigenvalue weighted by atomic mass is 10.0. The Morgan fingerprint density at radius 1 is 1.25 bits per heavy atom. The zero-order valence-corrected chi connectivity index (χ0v) is 13.3. The number of halogens is 1. The second-order valence-electron chi connectivity index (χ2n) is 4.35. The molecule has 108 valence electrons.